The second-order valence-corrected chi connectivity index (χ2v) is 5.08. The van der Waals surface area contributed by atoms with Gasteiger partial charge in [0.25, 0.3) is 0 Å². The van der Waals surface area contributed by atoms with Crippen molar-refractivity contribution >= 4 is 12.0 Å². The number of urea groups is 1. The molecule has 5 heteroatoms. The SMILES string of the molecule is C=CCC(NC(=O)N1CCC(CCC)CC1)C(=O)O. The molecular formula is C14H24N2O3. The molecule has 5 nitrogen and oxygen atoms in total. The number of carboxylic acids is 1. The predicted molar refractivity (Wildman–Crippen MR) is 74.0 cm³/mol. The first-order valence-electron chi connectivity index (χ1n) is 6.97. The first kappa shape index (κ1) is 15.5. The third-order valence-corrected chi connectivity index (χ3v) is 3.60. The van der Waals surface area contributed by atoms with Gasteiger partial charge < -0.3 is 15.3 Å². The Morgan fingerprint density at radius 2 is 2.11 bits per heavy atom. The normalized spacial score (nSPS) is 17.8. The molecule has 2 N–H and O–H groups in total. The lowest BCUT2D eigenvalue weighted by molar-refractivity contribution is -0.139. The van der Waals surface area contributed by atoms with Crippen LogP contribution in [0.3, 0.4) is 0 Å². The fourth-order valence-corrected chi connectivity index (χ4v) is 2.46. The number of nitrogens with zero attached hydrogens (tertiary/aromatic N) is 1. The van der Waals surface area contributed by atoms with E-state index in [0.29, 0.717) is 5.92 Å². The van der Waals surface area contributed by atoms with Crippen molar-refractivity contribution in [1.29, 1.82) is 0 Å². The van der Waals surface area contributed by atoms with E-state index < -0.39 is 12.0 Å². The van der Waals surface area contributed by atoms with Gasteiger partial charge in [0.2, 0.25) is 0 Å². The fraction of sp³-hybridized carbons (Fsp3) is 0.714. The molecule has 0 aromatic rings. The van der Waals surface area contributed by atoms with E-state index in [1.54, 1.807) is 4.90 Å². The number of nitrogens with one attached hydrogen (secondary N) is 1. The van der Waals surface area contributed by atoms with E-state index in [9.17, 15) is 9.59 Å². The van der Waals surface area contributed by atoms with E-state index >= 15 is 0 Å². The third-order valence-electron chi connectivity index (χ3n) is 3.60. The Hall–Kier alpha value is -1.52. The summed E-state index contributed by atoms with van der Waals surface area (Å²) in [5, 5.41) is 11.5. The van der Waals surface area contributed by atoms with E-state index in [0.717, 1.165) is 25.9 Å². The molecule has 1 saturated heterocycles. The molecule has 1 aliphatic heterocycles. The molecule has 1 unspecified atom stereocenters. The lowest BCUT2D eigenvalue weighted by Crippen LogP contribution is -2.50. The van der Waals surface area contributed by atoms with Gasteiger partial charge in [-0.25, -0.2) is 9.59 Å². The Balaban J connectivity index is 2.42. The van der Waals surface area contributed by atoms with Crippen LogP contribution in [0.2, 0.25) is 0 Å². The number of rotatable bonds is 6. The van der Waals surface area contributed by atoms with Crippen molar-refractivity contribution in [3.05, 3.63) is 12.7 Å². The summed E-state index contributed by atoms with van der Waals surface area (Å²) in [6.07, 6.45) is 6.17. The van der Waals surface area contributed by atoms with Crippen molar-refractivity contribution in [3.8, 4) is 0 Å². The Bertz CT molecular complexity index is 323. The van der Waals surface area contributed by atoms with Gasteiger partial charge in [0.15, 0.2) is 0 Å². The fourth-order valence-electron chi connectivity index (χ4n) is 2.46. The standard InChI is InChI=1S/C14H24N2O3/c1-3-5-11-7-9-16(10-8-11)14(19)15-12(6-4-2)13(17)18/h4,11-12H,2-3,5-10H2,1H3,(H,15,19)(H,17,18). The molecule has 108 valence electrons. The van der Waals surface area contributed by atoms with Gasteiger partial charge in [-0.2, -0.15) is 0 Å². The van der Waals surface area contributed by atoms with Crippen LogP contribution in [0.15, 0.2) is 12.7 Å². The molecule has 1 heterocycles. The maximum Gasteiger partial charge on any atom is 0.326 e. The summed E-state index contributed by atoms with van der Waals surface area (Å²) in [5.41, 5.74) is 0. The molecule has 0 bridgehead atoms. The smallest absolute Gasteiger partial charge is 0.326 e. The van der Waals surface area contributed by atoms with Gasteiger partial charge in [0, 0.05) is 13.1 Å². The van der Waals surface area contributed by atoms with Gasteiger partial charge in [-0.3, -0.25) is 0 Å². The van der Waals surface area contributed by atoms with Crippen molar-refractivity contribution in [2.75, 3.05) is 13.1 Å². The Morgan fingerprint density at radius 3 is 2.58 bits per heavy atom. The number of hydrogen-bond donors (Lipinski definition) is 2. The molecule has 2 amide bonds. The minimum atomic E-state index is -1.02. The summed E-state index contributed by atoms with van der Waals surface area (Å²) in [4.78, 5) is 24.6. The van der Waals surface area contributed by atoms with Crippen LogP contribution in [-0.2, 0) is 4.79 Å². The lowest BCUT2D eigenvalue weighted by atomic mass is 9.93. The van der Waals surface area contributed by atoms with E-state index in [1.165, 1.54) is 18.9 Å². The quantitative estimate of drug-likeness (QED) is 0.726. The highest BCUT2D eigenvalue weighted by molar-refractivity contribution is 5.82. The summed E-state index contributed by atoms with van der Waals surface area (Å²) in [7, 11) is 0. The van der Waals surface area contributed by atoms with Crippen molar-refractivity contribution in [2.45, 2.75) is 45.1 Å². The summed E-state index contributed by atoms with van der Waals surface area (Å²) >= 11 is 0. The van der Waals surface area contributed by atoms with Crippen LogP contribution in [-0.4, -0.2) is 41.1 Å². The maximum atomic E-state index is 12.0. The number of carbonyl (C=O) groups is 2. The number of carboxylic acid groups (broad SMARTS) is 1. The first-order valence-corrected chi connectivity index (χ1v) is 6.97. The van der Waals surface area contributed by atoms with Gasteiger partial charge in [-0.1, -0.05) is 25.8 Å². The molecule has 0 saturated carbocycles. The molecule has 0 aliphatic carbocycles. The van der Waals surface area contributed by atoms with Gasteiger partial charge in [-0.15, -0.1) is 6.58 Å². The Labute approximate surface area is 114 Å². The zero-order valence-corrected chi connectivity index (χ0v) is 11.6. The summed E-state index contributed by atoms with van der Waals surface area (Å²) in [6, 6.07) is -1.15. The summed E-state index contributed by atoms with van der Waals surface area (Å²) in [6.45, 7) is 7.12. The number of amides is 2. The van der Waals surface area contributed by atoms with Crippen molar-refractivity contribution in [1.82, 2.24) is 10.2 Å². The molecule has 1 aliphatic rings. The highest BCUT2D eigenvalue weighted by Gasteiger charge is 2.25. The summed E-state index contributed by atoms with van der Waals surface area (Å²) in [5.74, 6) is -0.313. The van der Waals surface area contributed by atoms with Crippen LogP contribution in [0.4, 0.5) is 4.79 Å². The van der Waals surface area contributed by atoms with Gasteiger partial charge in [0.1, 0.15) is 6.04 Å². The minimum absolute atomic E-state index is 0.243. The van der Waals surface area contributed by atoms with Gasteiger partial charge in [0.05, 0.1) is 0 Å². The molecule has 0 spiro atoms. The van der Waals surface area contributed by atoms with Crippen LogP contribution >= 0.6 is 0 Å². The number of likely N-dealkylation sites (tertiary alicyclic amines) is 1. The first-order chi connectivity index (χ1) is 9.08. The highest BCUT2D eigenvalue weighted by atomic mass is 16.4. The van der Waals surface area contributed by atoms with Gasteiger partial charge >= 0.3 is 12.0 Å². The number of hydrogen-bond acceptors (Lipinski definition) is 2. The minimum Gasteiger partial charge on any atom is -0.480 e. The molecule has 0 radical (unpaired) electrons. The zero-order chi connectivity index (χ0) is 14.3. The van der Waals surface area contributed by atoms with Gasteiger partial charge in [-0.05, 0) is 25.2 Å². The van der Waals surface area contributed by atoms with E-state index in [1.807, 2.05) is 0 Å². The second-order valence-electron chi connectivity index (χ2n) is 5.08. The third kappa shape index (κ3) is 4.93. The van der Waals surface area contributed by atoms with Crippen molar-refractivity contribution < 1.29 is 14.7 Å². The topological polar surface area (TPSA) is 69.6 Å². The van der Waals surface area contributed by atoms with E-state index in [2.05, 4.69) is 18.8 Å². The largest absolute Gasteiger partial charge is 0.480 e. The average molecular weight is 268 g/mol. The average Bonchev–Trinajstić information content (AvgIpc) is 2.39. The summed E-state index contributed by atoms with van der Waals surface area (Å²) < 4.78 is 0. The van der Waals surface area contributed by atoms with Crippen molar-refractivity contribution in [3.63, 3.8) is 0 Å². The molecule has 0 aromatic carbocycles. The lowest BCUT2D eigenvalue weighted by Gasteiger charge is -2.32. The molecule has 1 rings (SSSR count). The Morgan fingerprint density at radius 1 is 1.47 bits per heavy atom. The Kier molecular flexibility index (Phi) is 6.39. The number of carbonyl (C=O) groups excluding carboxylic acids is 1. The van der Waals surface area contributed by atoms with E-state index in [4.69, 9.17) is 5.11 Å². The molecule has 1 atom stereocenters. The van der Waals surface area contributed by atoms with E-state index in [-0.39, 0.29) is 12.5 Å². The molecular weight excluding hydrogens is 244 g/mol. The molecule has 19 heavy (non-hydrogen) atoms. The molecule has 0 aromatic heterocycles. The highest BCUT2D eigenvalue weighted by Crippen LogP contribution is 2.21. The molecule has 1 fully saturated rings. The van der Waals surface area contributed by atoms with Crippen LogP contribution in [0.25, 0.3) is 0 Å². The van der Waals surface area contributed by atoms with Crippen LogP contribution < -0.4 is 5.32 Å². The second kappa shape index (κ2) is 7.81. The monoisotopic (exact) mass is 268 g/mol. The number of piperidine rings is 1. The van der Waals surface area contributed by atoms with Crippen molar-refractivity contribution in [2.24, 2.45) is 5.92 Å². The van der Waals surface area contributed by atoms with Crippen LogP contribution in [0.1, 0.15) is 39.0 Å². The predicted octanol–water partition coefficient (Wildman–Crippen LogP) is 2.24. The zero-order valence-electron chi connectivity index (χ0n) is 11.6. The number of aliphatic carboxylic acids is 1. The maximum absolute atomic E-state index is 12.0. The van der Waals surface area contributed by atoms with Crippen LogP contribution in [0, 0.1) is 5.92 Å². The van der Waals surface area contributed by atoms with Crippen LogP contribution in [0.5, 0.6) is 0 Å².